The van der Waals surface area contributed by atoms with Crippen molar-refractivity contribution in [2.75, 3.05) is 18.5 Å². The third-order valence-corrected chi connectivity index (χ3v) is 3.87. The van der Waals surface area contributed by atoms with E-state index in [1.807, 2.05) is 12.1 Å². The lowest BCUT2D eigenvalue weighted by atomic mass is 10.1. The highest BCUT2D eigenvalue weighted by Crippen LogP contribution is 2.26. The summed E-state index contributed by atoms with van der Waals surface area (Å²) in [6.45, 7) is 1.80. The van der Waals surface area contributed by atoms with Gasteiger partial charge in [-0.25, -0.2) is 0 Å². The smallest absolute Gasteiger partial charge is 0.0747 e. The van der Waals surface area contributed by atoms with Crippen LogP contribution >= 0.6 is 31.9 Å². The molecule has 0 saturated carbocycles. The van der Waals surface area contributed by atoms with Gasteiger partial charge >= 0.3 is 0 Å². The molecule has 1 fully saturated rings. The molecule has 1 unspecified atom stereocenters. The van der Waals surface area contributed by atoms with Crippen molar-refractivity contribution < 1.29 is 4.74 Å². The van der Waals surface area contributed by atoms with Gasteiger partial charge in [0, 0.05) is 27.8 Å². The van der Waals surface area contributed by atoms with Crippen LogP contribution in [0.25, 0.3) is 0 Å². The molecule has 2 rings (SSSR count). The molecule has 4 heteroatoms. The molecule has 0 aromatic heterocycles. The highest BCUT2D eigenvalue weighted by Gasteiger charge is 2.13. The van der Waals surface area contributed by atoms with Crippen LogP contribution in [0.5, 0.6) is 0 Å². The van der Waals surface area contributed by atoms with E-state index in [-0.39, 0.29) is 0 Å². The van der Waals surface area contributed by atoms with Gasteiger partial charge in [0.15, 0.2) is 0 Å². The Labute approximate surface area is 113 Å². The molecular formula is C12H15Br2NO. The van der Waals surface area contributed by atoms with Gasteiger partial charge in [0.2, 0.25) is 0 Å². The van der Waals surface area contributed by atoms with E-state index < -0.39 is 0 Å². The lowest BCUT2D eigenvalue weighted by molar-refractivity contribution is 0.0247. The summed E-state index contributed by atoms with van der Waals surface area (Å²) in [5.74, 6) is 0. The van der Waals surface area contributed by atoms with E-state index in [1.54, 1.807) is 0 Å². The zero-order valence-corrected chi connectivity index (χ0v) is 12.2. The Morgan fingerprint density at radius 1 is 1.31 bits per heavy atom. The summed E-state index contributed by atoms with van der Waals surface area (Å²) in [7, 11) is 0. The van der Waals surface area contributed by atoms with E-state index in [2.05, 4.69) is 43.2 Å². The van der Waals surface area contributed by atoms with Crippen molar-refractivity contribution in [3.05, 3.63) is 27.1 Å². The maximum atomic E-state index is 5.68. The average Bonchev–Trinajstić information content (AvgIpc) is 2.29. The Kier molecular flexibility index (Phi) is 4.67. The van der Waals surface area contributed by atoms with Gasteiger partial charge in [-0.2, -0.15) is 0 Å². The first-order chi connectivity index (χ1) is 7.75. The van der Waals surface area contributed by atoms with Crippen molar-refractivity contribution in [3.8, 4) is 0 Å². The van der Waals surface area contributed by atoms with E-state index in [9.17, 15) is 0 Å². The minimum absolute atomic E-state index is 0.365. The highest BCUT2D eigenvalue weighted by atomic mass is 79.9. The fourth-order valence-electron chi connectivity index (χ4n) is 1.83. The van der Waals surface area contributed by atoms with Crippen molar-refractivity contribution in [2.45, 2.75) is 25.4 Å². The van der Waals surface area contributed by atoms with Crippen LogP contribution in [0.15, 0.2) is 27.1 Å². The first-order valence-electron chi connectivity index (χ1n) is 5.56. The summed E-state index contributed by atoms with van der Waals surface area (Å²) in [4.78, 5) is 0. The second kappa shape index (κ2) is 6.03. The number of rotatable bonds is 3. The molecule has 0 amide bonds. The first kappa shape index (κ1) is 12.4. The first-order valence-corrected chi connectivity index (χ1v) is 7.15. The standard InChI is InChI=1S/C12H15Br2NO/c13-9-4-5-12(11(14)7-9)15-8-10-3-1-2-6-16-10/h4-5,7,10,15H,1-3,6,8H2. The van der Waals surface area contributed by atoms with Crippen molar-refractivity contribution >= 4 is 37.5 Å². The number of nitrogens with one attached hydrogen (secondary N) is 1. The van der Waals surface area contributed by atoms with Gasteiger partial charge in [-0.15, -0.1) is 0 Å². The number of hydrogen-bond donors (Lipinski definition) is 1. The molecule has 1 aliphatic rings. The Morgan fingerprint density at radius 2 is 2.19 bits per heavy atom. The molecule has 0 radical (unpaired) electrons. The zero-order valence-electron chi connectivity index (χ0n) is 9.01. The van der Waals surface area contributed by atoms with Crippen molar-refractivity contribution in [3.63, 3.8) is 0 Å². The van der Waals surface area contributed by atoms with Crippen LogP contribution < -0.4 is 5.32 Å². The normalized spacial score (nSPS) is 20.8. The van der Waals surface area contributed by atoms with Gasteiger partial charge in [-0.05, 0) is 53.4 Å². The SMILES string of the molecule is Brc1ccc(NCC2CCCCO2)c(Br)c1. The molecule has 16 heavy (non-hydrogen) atoms. The predicted octanol–water partition coefficient (Wildman–Crippen LogP) is 4.19. The third-order valence-electron chi connectivity index (χ3n) is 2.73. The topological polar surface area (TPSA) is 21.3 Å². The molecule has 1 aromatic carbocycles. The Balaban J connectivity index is 1.88. The molecule has 88 valence electrons. The second-order valence-electron chi connectivity index (χ2n) is 3.99. The van der Waals surface area contributed by atoms with Crippen LogP contribution in [0.1, 0.15) is 19.3 Å². The molecule has 1 aromatic rings. The Morgan fingerprint density at radius 3 is 2.88 bits per heavy atom. The number of anilines is 1. The predicted molar refractivity (Wildman–Crippen MR) is 73.9 cm³/mol. The van der Waals surface area contributed by atoms with Crippen LogP contribution in [0.4, 0.5) is 5.69 Å². The van der Waals surface area contributed by atoms with Crippen LogP contribution in [0.2, 0.25) is 0 Å². The number of halogens is 2. The van der Waals surface area contributed by atoms with Crippen LogP contribution in [0.3, 0.4) is 0 Å². The Hall–Kier alpha value is -0.0600. The summed E-state index contributed by atoms with van der Waals surface area (Å²) >= 11 is 6.98. The number of benzene rings is 1. The highest BCUT2D eigenvalue weighted by molar-refractivity contribution is 9.11. The van der Waals surface area contributed by atoms with Gasteiger partial charge in [0.05, 0.1) is 6.10 Å². The lowest BCUT2D eigenvalue weighted by Gasteiger charge is -2.23. The molecule has 0 spiro atoms. The van der Waals surface area contributed by atoms with Crippen LogP contribution in [0, 0.1) is 0 Å². The van der Waals surface area contributed by atoms with Gasteiger partial charge < -0.3 is 10.1 Å². The average molecular weight is 349 g/mol. The summed E-state index contributed by atoms with van der Waals surface area (Å²) in [6.07, 6.45) is 4.03. The van der Waals surface area contributed by atoms with E-state index in [1.165, 1.54) is 19.3 Å². The minimum atomic E-state index is 0.365. The molecule has 1 saturated heterocycles. The summed E-state index contributed by atoms with van der Waals surface area (Å²) in [5.41, 5.74) is 1.12. The quantitative estimate of drug-likeness (QED) is 0.884. The maximum absolute atomic E-state index is 5.68. The van der Waals surface area contributed by atoms with Crippen LogP contribution in [-0.2, 0) is 4.74 Å². The van der Waals surface area contributed by atoms with E-state index in [4.69, 9.17) is 4.74 Å². The molecule has 1 heterocycles. The van der Waals surface area contributed by atoms with E-state index >= 15 is 0 Å². The van der Waals surface area contributed by atoms with E-state index in [0.29, 0.717) is 6.10 Å². The fourth-order valence-corrected chi connectivity index (χ4v) is 3.01. The van der Waals surface area contributed by atoms with Gasteiger partial charge in [0.1, 0.15) is 0 Å². The number of ether oxygens (including phenoxy) is 1. The third kappa shape index (κ3) is 3.47. The minimum Gasteiger partial charge on any atom is -0.382 e. The number of hydrogen-bond acceptors (Lipinski definition) is 2. The maximum Gasteiger partial charge on any atom is 0.0747 e. The van der Waals surface area contributed by atoms with Crippen LogP contribution in [-0.4, -0.2) is 19.3 Å². The lowest BCUT2D eigenvalue weighted by Crippen LogP contribution is -2.27. The molecule has 0 aliphatic carbocycles. The van der Waals surface area contributed by atoms with E-state index in [0.717, 1.165) is 27.8 Å². The largest absolute Gasteiger partial charge is 0.382 e. The van der Waals surface area contributed by atoms with Gasteiger partial charge in [0.25, 0.3) is 0 Å². The van der Waals surface area contributed by atoms with Gasteiger partial charge in [-0.3, -0.25) is 0 Å². The molecule has 2 nitrogen and oxygen atoms in total. The van der Waals surface area contributed by atoms with Gasteiger partial charge in [-0.1, -0.05) is 15.9 Å². The molecule has 1 aliphatic heterocycles. The zero-order chi connectivity index (χ0) is 11.4. The molecular weight excluding hydrogens is 334 g/mol. The summed E-state index contributed by atoms with van der Waals surface area (Å²) in [6, 6.07) is 6.15. The van der Waals surface area contributed by atoms with Crippen molar-refractivity contribution in [2.24, 2.45) is 0 Å². The summed E-state index contributed by atoms with van der Waals surface area (Å²) < 4.78 is 7.84. The fraction of sp³-hybridized carbons (Fsp3) is 0.500. The molecule has 1 N–H and O–H groups in total. The summed E-state index contributed by atoms with van der Waals surface area (Å²) in [5, 5.41) is 3.42. The Bertz CT molecular complexity index is 351. The van der Waals surface area contributed by atoms with Crippen molar-refractivity contribution in [1.82, 2.24) is 0 Å². The molecule has 1 atom stereocenters. The monoisotopic (exact) mass is 347 g/mol. The van der Waals surface area contributed by atoms with Crippen molar-refractivity contribution in [1.29, 1.82) is 0 Å². The second-order valence-corrected chi connectivity index (χ2v) is 5.76. The molecule has 0 bridgehead atoms.